The molecule has 1 aromatic carbocycles. The van der Waals surface area contributed by atoms with Gasteiger partial charge in [-0.3, -0.25) is 4.98 Å². The van der Waals surface area contributed by atoms with Crippen molar-refractivity contribution in [3.63, 3.8) is 0 Å². The van der Waals surface area contributed by atoms with Gasteiger partial charge in [-0.05, 0) is 37.1 Å². The molecule has 1 unspecified atom stereocenters. The molecule has 114 valence electrons. The number of allylic oxidation sites excluding steroid dienone is 2. The summed E-state index contributed by atoms with van der Waals surface area (Å²) in [6.07, 6.45) is 10.1. The summed E-state index contributed by atoms with van der Waals surface area (Å²) < 4.78 is 0. The van der Waals surface area contributed by atoms with Crippen molar-refractivity contribution in [3.05, 3.63) is 79.2 Å². The van der Waals surface area contributed by atoms with Crippen molar-refractivity contribution in [2.75, 3.05) is 4.90 Å². The van der Waals surface area contributed by atoms with E-state index in [0.717, 1.165) is 24.1 Å². The van der Waals surface area contributed by atoms with Crippen LogP contribution in [0.15, 0.2) is 79.2 Å². The smallest absolute Gasteiger partial charge is 0.0602 e. The van der Waals surface area contributed by atoms with Gasteiger partial charge in [0.25, 0.3) is 0 Å². The Balaban J connectivity index is 2.39. The van der Waals surface area contributed by atoms with E-state index in [1.807, 2.05) is 24.5 Å². The highest BCUT2D eigenvalue weighted by Gasteiger charge is 2.17. The third-order valence-corrected chi connectivity index (χ3v) is 3.72. The molecule has 0 amide bonds. The van der Waals surface area contributed by atoms with Gasteiger partial charge in [0.2, 0.25) is 0 Å². The lowest BCUT2D eigenvalue weighted by Gasteiger charge is -2.31. The summed E-state index contributed by atoms with van der Waals surface area (Å²) in [4.78, 5) is 6.60. The number of nitrogens with zero attached hydrogens (tertiary/aromatic N) is 2. The van der Waals surface area contributed by atoms with E-state index in [9.17, 15) is 0 Å². The maximum Gasteiger partial charge on any atom is 0.0602 e. The molecule has 2 heteroatoms. The fourth-order valence-corrected chi connectivity index (χ4v) is 2.39. The fourth-order valence-electron chi connectivity index (χ4n) is 2.39. The Morgan fingerprint density at radius 2 is 1.86 bits per heavy atom. The Hall–Kier alpha value is -2.35. The van der Waals surface area contributed by atoms with Crippen molar-refractivity contribution >= 4 is 11.4 Å². The molecule has 0 N–H and O–H groups in total. The molecule has 2 aromatic rings. The lowest BCUT2D eigenvalue weighted by molar-refractivity contribution is 0.747. The van der Waals surface area contributed by atoms with E-state index in [1.165, 1.54) is 5.69 Å². The van der Waals surface area contributed by atoms with Crippen molar-refractivity contribution in [2.45, 2.75) is 32.7 Å². The third kappa shape index (κ3) is 4.08. The summed E-state index contributed by atoms with van der Waals surface area (Å²) in [6, 6.07) is 14.8. The van der Waals surface area contributed by atoms with Crippen molar-refractivity contribution in [2.24, 2.45) is 0 Å². The number of hydrogen-bond acceptors (Lipinski definition) is 2. The molecule has 2 rings (SSSR count). The van der Waals surface area contributed by atoms with Crippen LogP contribution in [0.4, 0.5) is 11.4 Å². The molecule has 0 spiro atoms. The van der Waals surface area contributed by atoms with Crippen molar-refractivity contribution in [1.82, 2.24) is 4.98 Å². The predicted octanol–water partition coefficient (Wildman–Crippen LogP) is 5.52. The van der Waals surface area contributed by atoms with Crippen LogP contribution in [-0.4, -0.2) is 11.0 Å². The highest BCUT2D eigenvalue weighted by Crippen LogP contribution is 2.28. The topological polar surface area (TPSA) is 16.1 Å². The number of anilines is 2. The molecule has 1 aromatic heterocycles. The molecule has 0 fully saturated rings. The van der Waals surface area contributed by atoms with Gasteiger partial charge in [0, 0.05) is 11.9 Å². The average Bonchev–Trinajstić information content (AvgIpc) is 2.59. The second kappa shape index (κ2) is 8.18. The quantitative estimate of drug-likeness (QED) is 0.624. The number of pyridine rings is 1. The van der Waals surface area contributed by atoms with Crippen molar-refractivity contribution in [1.29, 1.82) is 0 Å². The fraction of sp³-hybridized carbons (Fsp3) is 0.250. The van der Waals surface area contributed by atoms with E-state index in [-0.39, 0.29) is 6.04 Å². The molecule has 1 atom stereocenters. The molecule has 0 saturated heterocycles. The van der Waals surface area contributed by atoms with Gasteiger partial charge in [-0.25, -0.2) is 0 Å². The van der Waals surface area contributed by atoms with Crippen LogP contribution in [-0.2, 0) is 0 Å². The highest BCUT2D eigenvalue weighted by atomic mass is 15.2. The van der Waals surface area contributed by atoms with E-state index >= 15 is 0 Å². The van der Waals surface area contributed by atoms with Gasteiger partial charge in [-0.1, -0.05) is 56.4 Å². The monoisotopic (exact) mass is 292 g/mol. The zero-order valence-corrected chi connectivity index (χ0v) is 13.4. The van der Waals surface area contributed by atoms with E-state index in [0.29, 0.717) is 0 Å². The van der Waals surface area contributed by atoms with E-state index in [4.69, 9.17) is 0 Å². The molecule has 2 nitrogen and oxygen atoms in total. The molecule has 1 heterocycles. The molecule has 0 aliphatic heterocycles. The SMILES string of the molecule is C=C(/C=C\C(CC)N(c1ccccc1)c1cccnc1)CC. The van der Waals surface area contributed by atoms with Crippen LogP contribution < -0.4 is 4.90 Å². The van der Waals surface area contributed by atoms with Crippen LogP contribution in [0.25, 0.3) is 0 Å². The predicted molar refractivity (Wildman–Crippen MR) is 95.5 cm³/mol. The molecular weight excluding hydrogens is 268 g/mol. The second-order valence-electron chi connectivity index (χ2n) is 5.26. The summed E-state index contributed by atoms with van der Waals surface area (Å²) in [7, 11) is 0. The molecular formula is C20H24N2. The van der Waals surface area contributed by atoms with Gasteiger partial charge in [0.05, 0.1) is 17.9 Å². The molecule has 0 saturated carbocycles. The van der Waals surface area contributed by atoms with Gasteiger partial charge in [0.1, 0.15) is 0 Å². The summed E-state index contributed by atoms with van der Waals surface area (Å²) in [5, 5.41) is 0. The molecule has 0 radical (unpaired) electrons. The second-order valence-corrected chi connectivity index (χ2v) is 5.26. The first-order valence-corrected chi connectivity index (χ1v) is 7.86. The Bertz CT molecular complexity index is 563. The normalized spacial score (nSPS) is 12.3. The van der Waals surface area contributed by atoms with Gasteiger partial charge >= 0.3 is 0 Å². The van der Waals surface area contributed by atoms with E-state index in [1.54, 1.807) is 0 Å². The van der Waals surface area contributed by atoms with Crippen LogP contribution in [0, 0.1) is 0 Å². The maximum absolute atomic E-state index is 4.28. The molecule has 0 bridgehead atoms. The van der Waals surface area contributed by atoms with Gasteiger partial charge in [-0.15, -0.1) is 0 Å². The largest absolute Gasteiger partial charge is 0.333 e. The highest BCUT2D eigenvalue weighted by molar-refractivity contribution is 5.64. The lowest BCUT2D eigenvalue weighted by atomic mass is 10.1. The Kier molecular flexibility index (Phi) is 5.96. The van der Waals surface area contributed by atoms with Gasteiger partial charge in [0.15, 0.2) is 0 Å². The summed E-state index contributed by atoms with van der Waals surface area (Å²) >= 11 is 0. The lowest BCUT2D eigenvalue weighted by Crippen LogP contribution is -2.28. The number of aromatic nitrogens is 1. The molecule has 0 aliphatic carbocycles. The van der Waals surface area contributed by atoms with Crippen LogP contribution in [0.5, 0.6) is 0 Å². The summed E-state index contributed by atoms with van der Waals surface area (Å²) in [5.74, 6) is 0. The number of para-hydroxylation sites is 1. The third-order valence-electron chi connectivity index (χ3n) is 3.72. The zero-order valence-electron chi connectivity index (χ0n) is 13.4. The van der Waals surface area contributed by atoms with E-state index < -0.39 is 0 Å². The minimum atomic E-state index is 0.273. The zero-order chi connectivity index (χ0) is 15.8. The minimum Gasteiger partial charge on any atom is -0.333 e. The summed E-state index contributed by atoms with van der Waals surface area (Å²) in [6.45, 7) is 8.40. The first-order valence-electron chi connectivity index (χ1n) is 7.86. The number of hydrogen-bond donors (Lipinski definition) is 0. The first-order chi connectivity index (χ1) is 10.8. The number of rotatable bonds is 7. The molecule has 0 aliphatic rings. The van der Waals surface area contributed by atoms with Gasteiger partial charge in [-0.2, -0.15) is 0 Å². The van der Waals surface area contributed by atoms with E-state index in [2.05, 4.69) is 72.8 Å². The van der Waals surface area contributed by atoms with Crippen LogP contribution >= 0.6 is 0 Å². The maximum atomic E-state index is 4.28. The van der Waals surface area contributed by atoms with Crippen molar-refractivity contribution < 1.29 is 0 Å². The van der Waals surface area contributed by atoms with Crippen LogP contribution in [0.1, 0.15) is 26.7 Å². The first kappa shape index (κ1) is 16.0. The Labute approximate surface area is 133 Å². The Morgan fingerprint density at radius 1 is 1.14 bits per heavy atom. The van der Waals surface area contributed by atoms with Crippen molar-refractivity contribution in [3.8, 4) is 0 Å². The standard InChI is InChI=1S/C20H24N2/c1-4-17(3)13-14-18(5-2)22(19-10-7-6-8-11-19)20-12-9-15-21-16-20/h6-16,18H,3-5H2,1-2H3/b14-13-. The van der Waals surface area contributed by atoms with Crippen LogP contribution in [0.2, 0.25) is 0 Å². The van der Waals surface area contributed by atoms with Crippen LogP contribution in [0.3, 0.4) is 0 Å². The minimum absolute atomic E-state index is 0.273. The van der Waals surface area contributed by atoms with Gasteiger partial charge < -0.3 is 4.90 Å². The molecule has 22 heavy (non-hydrogen) atoms. The number of benzene rings is 1. The Morgan fingerprint density at radius 3 is 2.45 bits per heavy atom. The average molecular weight is 292 g/mol. The summed E-state index contributed by atoms with van der Waals surface area (Å²) in [5.41, 5.74) is 3.43.